The number of carboxylic acid groups (broad SMARTS) is 1. The Morgan fingerprint density at radius 1 is 1.44 bits per heavy atom. The molecule has 0 saturated heterocycles. The summed E-state index contributed by atoms with van der Waals surface area (Å²) in [6.07, 6.45) is 0. The molecule has 0 spiro atoms. The molecule has 2 heterocycles. The average Bonchev–Trinajstić information content (AvgIpc) is 2.65. The summed E-state index contributed by atoms with van der Waals surface area (Å²) in [6.45, 7) is 0. The van der Waals surface area contributed by atoms with Gasteiger partial charge in [0, 0.05) is 0 Å². The Balaban J connectivity index is 2.51. The number of rotatable bonds is 2. The van der Waals surface area contributed by atoms with E-state index in [1.807, 2.05) is 0 Å². The second-order valence-electron chi connectivity index (χ2n) is 2.84. The monoisotopic (exact) mass is 302 g/mol. The molecule has 2 aromatic rings. The van der Waals surface area contributed by atoms with Crippen LogP contribution in [0.4, 0.5) is 0 Å². The van der Waals surface area contributed by atoms with Crippen molar-refractivity contribution in [2.45, 2.75) is 0 Å². The lowest BCUT2D eigenvalue weighted by atomic mass is 10.2. The minimum absolute atomic E-state index is 0.112. The molecular weight excluding hydrogens is 299 g/mol. The van der Waals surface area contributed by atoms with Gasteiger partial charge in [-0.05, 0) is 34.1 Å². The molecule has 1 N–H and O–H groups in total. The van der Waals surface area contributed by atoms with Crippen molar-refractivity contribution in [1.82, 2.24) is 10.2 Å². The van der Waals surface area contributed by atoms with Crippen molar-refractivity contribution >= 4 is 33.5 Å². The van der Waals surface area contributed by atoms with Crippen molar-refractivity contribution in [1.29, 1.82) is 0 Å². The normalized spacial score (nSPS) is 10.4. The van der Waals surface area contributed by atoms with E-state index in [1.54, 1.807) is 12.1 Å². The van der Waals surface area contributed by atoms with Gasteiger partial charge in [-0.1, -0.05) is 11.6 Å². The SMILES string of the molecule is O=C(O)c1cc(-c2ccc(Br)o2)nnc1Cl. The van der Waals surface area contributed by atoms with Crippen LogP contribution in [0.25, 0.3) is 11.5 Å². The molecule has 2 rings (SSSR count). The van der Waals surface area contributed by atoms with E-state index < -0.39 is 5.97 Å². The van der Waals surface area contributed by atoms with E-state index in [0.717, 1.165) is 0 Å². The van der Waals surface area contributed by atoms with Gasteiger partial charge in [0.15, 0.2) is 15.6 Å². The number of carbonyl (C=O) groups is 1. The lowest BCUT2D eigenvalue weighted by Crippen LogP contribution is -2.01. The van der Waals surface area contributed by atoms with Crippen LogP contribution >= 0.6 is 27.5 Å². The summed E-state index contributed by atoms with van der Waals surface area (Å²) < 4.78 is 5.75. The fourth-order valence-corrected chi connectivity index (χ4v) is 1.58. The molecule has 0 aliphatic carbocycles. The van der Waals surface area contributed by atoms with Gasteiger partial charge >= 0.3 is 5.97 Å². The highest BCUT2D eigenvalue weighted by atomic mass is 79.9. The maximum atomic E-state index is 10.8. The largest absolute Gasteiger partial charge is 0.478 e. The standard InChI is InChI=1S/C9H4BrClN2O3/c10-7-2-1-6(16-7)5-3-4(9(14)15)8(11)13-12-5/h1-3H,(H,14,15). The van der Waals surface area contributed by atoms with E-state index in [4.69, 9.17) is 21.1 Å². The molecule has 0 atom stereocenters. The van der Waals surface area contributed by atoms with Crippen molar-refractivity contribution in [2.24, 2.45) is 0 Å². The maximum absolute atomic E-state index is 10.8. The molecule has 16 heavy (non-hydrogen) atoms. The average molecular weight is 303 g/mol. The van der Waals surface area contributed by atoms with Gasteiger partial charge in [-0.2, -0.15) is 0 Å². The first-order valence-corrected chi connectivity index (χ1v) is 5.27. The number of aromatic nitrogens is 2. The highest BCUT2D eigenvalue weighted by Crippen LogP contribution is 2.25. The molecule has 0 aliphatic rings. The molecular formula is C9H4BrClN2O3. The summed E-state index contributed by atoms with van der Waals surface area (Å²) in [7, 11) is 0. The topological polar surface area (TPSA) is 76.2 Å². The quantitative estimate of drug-likeness (QED) is 0.923. The van der Waals surface area contributed by atoms with Crippen LogP contribution in [0.3, 0.4) is 0 Å². The highest BCUT2D eigenvalue weighted by Gasteiger charge is 2.14. The summed E-state index contributed by atoms with van der Waals surface area (Å²) in [6, 6.07) is 4.63. The van der Waals surface area contributed by atoms with Gasteiger partial charge in [0.25, 0.3) is 0 Å². The van der Waals surface area contributed by atoms with E-state index in [1.165, 1.54) is 6.07 Å². The Bertz CT molecular complexity index is 555. The van der Waals surface area contributed by atoms with Crippen molar-refractivity contribution in [3.05, 3.63) is 33.6 Å². The Labute approximate surface area is 103 Å². The van der Waals surface area contributed by atoms with Gasteiger partial charge in [0.1, 0.15) is 11.3 Å². The molecule has 0 saturated carbocycles. The number of furan rings is 1. The van der Waals surface area contributed by atoms with Crippen LogP contribution in [0.5, 0.6) is 0 Å². The zero-order chi connectivity index (χ0) is 11.7. The molecule has 0 bridgehead atoms. The maximum Gasteiger partial charge on any atom is 0.338 e. The molecule has 0 aliphatic heterocycles. The van der Waals surface area contributed by atoms with Crippen molar-refractivity contribution in [2.75, 3.05) is 0 Å². The molecule has 82 valence electrons. The lowest BCUT2D eigenvalue weighted by molar-refractivity contribution is 0.0696. The van der Waals surface area contributed by atoms with Crippen LogP contribution in [0.15, 0.2) is 27.3 Å². The van der Waals surface area contributed by atoms with Gasteiger partial charge in [0.05, 0.1) is 0 Å². The number of aromatic carboxylic acids is 1. The molecule has 0 unspecified atom stereocenters. The van der Waals surface area contributed by atoms with Crippen molar-refractivity contribution < 1.29 is 14.3 Å². The first kappa shape index (κ1) is 11.1. The molecule has 0 aromatic carbocycles. The van der Waals surface area contributed by atoms with Crippen LogP contribution in [-0.2, 0) is 0 Å². The molecule has 0 fully saturated rings. The highest BCUT2D eigenvalue weighted by molar-refractivity contribution is 9.10. The smallest absolute Gasteiger partial charge is 0.338 e. The predicted molar refractivity (Wildman–Crippen MR) is 59.4 cm³/mol. The van der Waals surface area contributed by atoms with Crippen LogP contribution < -0.4 is 0 Å². The van der Waals surface area contributed by atoms with E-state index in [-0.39, 0.29) is 10.7 Å². The van der Waals surface area contributed by atoms with E-state index >= 15 is 0 Å². The summed E-state index contributed by atoms with van der Waals surface area (Å²) in [5.74, 6) is -0.745. The number of nitrogens with zero attached hydrogens (tertiary/aromatic N) is 2. The van der Waals surface area contributed by atoms with Crippen LogP contribution in [0.2, 0.25) is 5.15 Å². The first-order valence-electron chi connectivity index (χ1n) is 4.10. The second kappa shape index (κ2) is 4.23. The molecule has 2 aromatic heterocycles. The number of carboxylic acids is 1. The van der Waals surface area contributed by atoms with Crippen LogP contribution in [0, 0.1) is 0 Å². The molecule has 5 nitrogen and oxygen atoms in total. The first-order chi connectivity index (χ1) is 7.58. The van der Waals surface area contributed by atoms with Gasteiger partial charge in [-0.15, -0.1) is 10.2 Å². The van der Waals surface area contributed by atoms with Crippen molar-refractivity contribution in [3.63, 3.8) is 0 Å². The third-order valence-electron chi connectivity index (χ3n) is 1.80. The zero-order valence-electron chi connectivity index (χ0n) is 7.65. The van der Waals surface area contributed by atoms with E-state index in [2.05, 4.69) is 26.1 Å². The fraction of sp³-hybridized carbons (Fsp3) is 0. The summed E-state index contributed by atoms with van der Waals surface area (Å²) in [5, 5.41) is 16.0. The van der Waals surface area contributed by atoms with Gasteiger partial charge in [-0.25, -0.2) is 4.79 Å². The summed E-state index contributed by atoms with van der Waals surface area (Å²) in [5.41, 5.74) is 0.201. The van der Waals surface area contributed by atoms with E-state index in [0.29, 0.717) is 16.1 Å². The molecule has 0 radical (unpaired) electrons. The van der Waals surface area contributed by atoms with Crippen molar-refractivity contribution in [3.8, 4) is 11.5 Å². The third-order valence-corrected chi connectivity index (χ3v) is 2.51. The zero-order valence-corrected chi connectivity index (χ0v) is 9.99. The van der Waals surface area contributed by atoms with Crippen LogP contribution in [0.1, 0.15) is 10.4 Å². The predicted octanol–water partition coefficient (Wildman–Crippen LogP) is 2.85. The van der Waals surface area contributed by atoms with E-state index in [9.17, 15) is 4.79 Å². The van der Waals surface area contributed by atoms with Gasteiger partial charge in [0.2, 0.25) is 0 Å². The number of hydrogen-bond donors (Lipinski definition) is 1. The summed E-state index contributed by atoms with van der Waals surface area (Å²) >= 11 is 8.72. The second-order valence-corrected chi connectivity index (χ2v) is 3.98. The fourth-order valence-electron chi connectivity index (χ4n) is 1.10. The Morgan fingerprint density at radius 2 is 2.19 bits per heavy atom. The van der Waals surface area contributed by atoms with Gasteiger partial charge in [-0.3, -0.25) is 0 Å². The minimum atomic E-state index is -1.16. The molecule has 0 amide bonds. The minimum Gasteiger partial charge on any atom is -0.478 e. The third kappa shape index (κ3) is 2.07. The number of hydrogen-bond acceptors (Lipinski definition) is 4. The van der Waals surface area contributed by atoms with Gasteiger partial charge < -0.3 is 9.52 Å². The lowest BCUT2D eigenvalue weighted by Gasteiger charge is -1.99. The molecule has 7 heteroatoms. The Morgan fingerprint density at radius 3 is 2.75 bits per heavy atom. The number of halogens is 2. The summed E-state index contributed by atoms with van der Waals surface area (Å²) in [4.78, 5) is 10.8. The Kier molecular flexibility index (Phi) is 2.93. The van der Waals surface area contributed by atoms with Crippen LogP contribution in [-0.4, -0.2) is 21.3 Å². The Hall–Kier alpha value is -1.40.